The van der Waals surface area contributed by atoms with Crippen molar-refractivity contribution in [2.24, 2.45) is 0 Å². The van der Waals surface area contributed by atoms with Gasteiger partial charge in [0.2, 0.25) is 0 Å². The number of aryl methyl sites for hydroxylation is 1. The van der Waals surface area contributed by atoms with Gasteiger partial charge in [0.1, 0.15) is 5.82 Å². The average molecular weight is 386 g/mol. The van der Waals surface area contributed by atoms with Crippen LogP contribution < -0.4 is 5.56 Å². The molecule has 1 aromatic heterocycles. The minimum Gasteiger partial charge on any atom is -0.306 e. The van der Waals surface area contributed by atoms with E-state index >= 15 is 0 Å². The Morgan fingerprint density at radius 1 is 1.26 bits per heavy atom. The third-order valence-electron chi connectivity index (χ3n) is 2.71. The molecule has 0 aliphatic rings. The maximum absolute atomic E-state index is 11.9. The van der Waals surface area contributed by atoms with Gasteiger partial charge in [-0.2, -0.15) is 0 Å². The van der Waals surface area contributed by atoms with E-state index in [1.165, 1.54) is 4.90 Å². The molecule has 1 N–H and O–H groups in total. The maximum Gasteiger partial charge on any atom is 0.264 e. The van der Waals surface area contributed by atoms with Gasteiger partial charge in [-0.05, 0) is 46.9 Å². The largest absolute Gasteiger partial charge is 0.306 e. The number of aromatic nitrogens is 2. The van der Waals surface area contributed by atoms with E-state index in [0.29, 0.717) is 9.39 Å². The summed E-state index contributed by atoms with van der Waals surface area (Å²) in [5.41, 5.74) is 1.74. The number of benzene rings is 1. The molecule has 0 radical (unpaired) electrons. The molecule has 0 aliphatic heterocycles. The number of nitrogens with one attached hydrogen (secondary N) is 1. The van der Waals surface area contributed by atoms with Crippen LogP contribution in [0.1, 0.15) is 19.5 Å². The zero-order valence-electron chi connectivity index (χ0n) is 10.9. The van der Waals surface area contributed by atoms with Gasteiger partial charge in [-0.1, -0.05) is 26.0 Å². The van der Waals surface area contributed by atoms with E-state index < -0.39 is 0 Å². The molecule has 0 bridgehead atoms. The van der Waals surface area contributed by atoms with Crippen LogP contribution in [0.4, 0.5) is 0 Å². The van der Waals surface area contributed by atoms with Crippen LogP contribution >= 0.6 is 34.4 Å². The van der Waals surface area contributed by atoms with E-state index in [2.05, 4.69) is 29.0 Å². The Hall–Kier alpha value is -0.820. The van der Waals surface area contributed by atoms with Crippen LogP contribution in [0.2, 0.25) is 0 Å². The lowest BCUT2D eigenvalue weighted by Crippen LogP contribution is -2.15. The lowest BCUT2D eigenvalue weighted by Gasteiger charge is -2.06. The Balaban J connectivity index is 2.41. The van der Waals surface area contributed by atoms with Gasteiger partial charge in [0.15, 0.2) is 0 Å². The van der Waals surface area contributed by atoms with Crippen molar-refractivity contribution in [1.82, 2.24) is 9.97 Å². The fourth-order valence-electron chi connectivity index (χ4n) is 1.75. The molecule has 5 heteroatoms. The molecule has 0 fully saturated rings. The van der Waals surface area contributed by atoms with Gasteiger partial charge in [0.25, 0.3) is 5.56 Å². The van der Waals surface area contributed by atoms with Gasteiger partial charge < -0.3 is 4.98 Å². The van der Waals surface area contributed by atoms with Crippen molar-refractivity contribution in [3.05, 3.63) is 43.9 Å². The molecule has 0 saturated carbocycles. The van der Waals surface area contributed by atoms with Crippen LogP contribution in [0, 0.1) is 3.57 Å². The summed E-state index contributed by atoms with van der Waals surface area (Å²) < 4.78 is 0.682. The Labute approximate surface area is 130 Å². The number of halogens is 1. The second kappa shape index (κ2) is 6.56. The lowest BCUT2D eigenvalue weighted by atomic mass is 10.2. The molecule has 0 aliphatic carbocycles. The van der Waals surface area contributed by atoms with Gasteiger partial charge in [-0.3, -0.25) is 4.79 Å². The van der Waals surface area contributed by atoms with Gasteiger partial charge >= 0.3 is 0 Å². The van der Waals surface area contributed by atoms with Crippen LogP contribution in [0.3, 0.4) is 0 Å². The smallest absolute Gasteiger partial charge is 0.264 e. The quantitative estimate of drug-likeness (QED) is 0.644. The minimum absolute atomic E-state index is 0.0607. The summed E-state index contributed by atoms with van der Waals surface area (Å²) in [5, 5.41) is 0. The number of aromatic amines is 1. The van der Waals surface area contributed by atoms with Crippen molar-refractivity contribution in [1.29, 1.82) is 0 Å². The molecule has 0 atom stereocenters. The zero-order chi connectivity index (χ0) is 13.8. The highest BCUT2D eigenvalue weighted by Gasteiger charge is 2.08. The number of hydrogen-bond acceptors (Lipinski definition) is 3. The van der Waals surface area contributed by atoms with Crippen LogP contribution in [0.15, 0.2) is 34.0 Å². The standard InChI is InChI=1S/C14H15IN2OS/c1-3-11-12(15)14(18)17-13(16-11)9-5-7-10(8-6-9)19-4-2/h5-8H,3-4H2,1-2H3,(H,16,17,18). The zero-order valence-corrected chi connectivity index (χ0v) is 13.8. The molecule has 1 aromatic carbocycles. The third-order valence-corrected chi connectivity index (χ3v) is 4.71. The summed E-state index contributed by atoms with van der Waals surface area (Å²) in [7, 11) is 0. The Kier molecular flexibility index (Phi) is 5.04. The van der Waals surface area contributed by atoms with Gasteiger partial charge in [0.05, 0.1) is 9.26 Å². The van der Waals surface area contributed by atoms with Crippen molar-refractivity contribution in [3.63, 3.8) is 0 Å². The van der Waals surface area contributed by atoms with E-state index in [1.54, 1.807) is 11.8 Å². The predicted molar refractivity (Wildman–Crippen MR) is 88.8 cm³/mol. The first-order chi connectivity index (χ1) is 9.15. The molecule has 1 heterocycles. The Bertz CT molecular complexity index is 622. The molecule has 19 heavy (non-hydrogen) atoms. The second-order valence-corrected chi connectivity index (χ2v) is 6.40. The first-order valence-electron chi connectivity index (χ1n) is 6.17. The van der Waals surface area contributed by atoms with Crippen LogP contribution in [0.25, 0.3) is 11.4 Å². The van der Waals surface area contributed by atoms with Gasteiger partial charge in [-0.25, -0.2) is 4.98 Å². The van der Waals surface area contributed by atoms with E-state index in [4.69, 9.17) is 0 Å². The van der Waals surface area contributed by atoms with Crippen molar-refractivity contribution in [3.8, 4) is 11.4 Å². The lowest BCUT2D eigenvalue weighted by molar-refractivity contribution is 0.968. The van der Waals surface area contributed by atoms with Crippen LogP contribution in [0.5, 0.6) is 0 Å². The monoisotopic (exact) mass is 386 g/mol. The Morgan fingerprint density at radius 3 is 2.53 bits per heavy atom. The topological polar surface area (TPSA) is 45.8 Å². The van der Waals surface area contributed by atoms with Crippen molar-refractivity contribution >= 4 is 34.4 Å². The summed E-state index contributed by atoms with van der Waals surface area (Å²) in [4.78, 5) is 20.5. The molecule has 2 rings (SSSR count). The molecule has 0 spiro atoms. The number of hydrogen-bond donors (Lipinski definition) is 1. The SMILES string of the molecule is CCSc1ccc(-c2nc(CC)c(I)c(=O)[nH]2)cc1. The molecule has 0 saturated heterocycles. The minimum atomic E-state index is -0.0607. The highest BCUT2D eigenvalue weighted by atomic mass is 127. The normalized spacial score (nSPS) is 10.7. The number of H-pyrrole nitrogens is 1. The highest BCUT2D eigenvalue weighted by Crippen LogP contribution is 2.22. The molecule has 3 nitrogen and oxygen atoms in total. The van der Waals surface area contributed by atoms with Crippen LogP contribution in [-0.4, -0.2) is 15.7 Å². The molecule has 100 valence electrons. The summed E-state index contributed by atoms with van der Waals surface area (Å²) in [5.74, 6) is 1.70. The van der Waals surface area contributed by atoms with Crippen molar-refractivity contribution in [2.75, 3.05) is 5.75 Å². The van der Waals surface area contributed by atoms with E-state index in [0.717, 1.165) is 23.4 Å². The van der Waals surface area contributed by atoms with E-state index in [-0.39, 0.29) is 5.56 Å². The first kappa shape index (κ1) is 14.6. The predicted octanol–water partition coefficient (Wildman–Crippen LogP) is 3.72. The first-order valence-corrected chi connectivity index (χ1v) is 8.24. The van der Waals surface area contributed by atoms with Gasteiger partial charge in [-0.15, -0.1) is 11.8 Å². The fourth-order valence-corrected chi connectivity index (χ4v) is 3.05. The molecular formula is C14H15IN2OS. The number of thioether (sulfide) groups is 1. The van der Waals surface area contributed by atoms with Crippen molar-refractivity contribution in [2.45, 2.75) is 25.2 Å². The molecule has 0 unspecified atom stereocenters. The van der Waals surface area contributed by atoms with E-state index in [9.17, 15) is 4.79 Å². The summed E-state index contributed by atoms with van der Waals surface area (Å²) in [6, 6.07) is 8.13. The van der Waals surface area contributed by atoms with Crippen LogP contribution in [-0.2, 0) is 6.42 Å². The number of rotatable bonds is 4. The summed E-state index contributed by atoms with van der Waals surface area (Å²) >= 11 is 3.85. The third kappa shape index (κ3) is 3.39. The maximum atomic E-state index is 11.9. The Morgan fingerprint density at radius 2 is 1.95 bits per heavy atom. The summed E-state index contributed by atoms with van der Waals surface area (Å²) in [6.45, 7) is 4.14. The second-order valence-electron chi connectivity index (χ2n) is 3.99. The van der Waals surface area contributed by atoms with Gasteiger partial charge in [0, 0.05) is 10.5 Å². The highest BCUT2D eigenvalue weighted by molar-refractivity contribution is 14.1. The number of nitrogens with zero attached hydrogens (tertiary/aromatic N) is 1. The summed E-state index contributed by atoms with van der Waals surface area (Å²) in [6.07, 6.45) is 0.763. The molecule has 0 amide bonds. The fraction of sp³-hybridized carbons (Fsp3) is 0.286. The van der Waals surface area contributed by atoms with E-state index in [1.807, 2.05) is 41.6 Å². The molecular weight excluding hydrogens is 371 g/mol. The molecule has 2 aromatic rings. The van der Waals surface area contributed by atoms with Crippen molar-refractivity contribution < 1.29 is 0 Å². The average Bonchev–Trinajstić information content (AvgIpc) is 2.43.